The maximum absolute atomic E-state index is 12.4. The lowest BCUT2D eigenvalue weighted by Gasteiger charge is -2.36. The Bertz CT molecular complexity index is 576. The van der Waals surface area contributed by atoms with E-state index in [4.69, 9.17) is 0 Å². The third-order valence-corrected chi connectivity index (χ3v) is 4.33. The van der Waals surface area contributed by atoms with Gasteiger partial charge >= 0.3 is 6.18 Å². The number of amidine groups is 1. The zero-order valence-electron chi connectivity index (χ0n) is 12.8. The summed E-state index contributed by atoms with van der Waals surface area (Å²) in [5, 5.41) is 3.41. The van der Waals surface area contributed by atoms with Crippen molar-refractivity contribution >= 4 is 5.84 Å². The maximum Gasteiger partial charge on any atom is 0.405 e. The van der Waals surface area contributed by atoms with Crippen molar-refractivity contribution in [3.05, 3.63) is 48.2 Å². The molecule has 1 aromatic carbocycles. The molecule has 0 spiro atoms. The van der Waals surface area contributed by atoms with Gasteiger partial charge in [0.2, 0.25) is 0 Å². The molecule has 0 bridgehead atoms. The number of rotatable bonds is 4. The number of nitrogens with zero attached hydrogens (tertiary/aromatic N) is 2. The van der Waals surface area contributed by atoms with E-state index in [0.29, 0.717) is 11.8 Å². The van der Waals surface area contributed by atoms with Crippen molar-refractivity contribution in [1.29, 1.82) is 0 Å². The number of benzene rings is 1. The van der Waals surface area contributed by atoms with Crippen molar-refractivity contribution in [2.45, 2.75) is 31.5 Å². The fourth-order valence-electron chi connectivity index (χ4n) is 2.94. The lowest BCUT2D eigenvalue weighted by atomic mass is 9.77. The van der Waals surface area contributed by atoms with E-state index in [1.54, 1.807) is 6.08 Å². The molecule has 23 heavy (non-hydrogen) atoms. The number of halogens is 3. The largest absolute Gasteiger partial charge is 0.405 e. The Kier molecular flexibility index (Phi) is 4.59. The zero-order chi connectivity index (χ0) is 16.3. The fraction of sp³-hybridized carbons (Fsp3) is 0.471. The fourth-order valence-corrected chi connectivity index (χ4v) is 2.94. The minimum Gasteiger partial charge on any atom is -0.363 e. The summed E-state index contributed by atoms with van der Waals surface area (Å²) in [6.07, 6.45) is 2.46. The Labute approximate surface area is 133 Å². The summed E-state index contributed by atoms with van der Waals surface area (Å²) in [4.78, 5) is 5.40. The normalized spacial score (nSPS) is 20.0. The topological polar surface area (TPSA) is 27.6 Å². The summed E-state index contributed by atoms with van der Waals surface area (Å²) < 4.78 is 37.2. The van der Waals surface area contributed by atoms with Crippen LogP contribution in [0.3, 0.4) is 0 Å². The lowest BCUT2D eigenvalue weighted by Crippen LogP contribution is -2.39. The van der Waals surface area contributed by atoms with Crippen LogP contribution in [0.2, 0.25) is 0 Å². The van der Waals surface area contributed by atoms with E-state index in [2.05, 4.69) is 22.4 Å². The van der Waals surface area contributed by atoms with Gasteiger partial charge in [-0.15, -0.1) is 0 Å². The molecule has 0 amide bonds. The molecule has 3 rings (SSSR count). The van der Waals surface area contributed by atoms with Gasteiger partial charge in [-0.1, -0.05) is 36.8 Å². The molecule has 1 atom stereocenters. The SMILES string of the molecule is FC(F)(F)CN1C=CC(NC(c2ccccc2)C2CCC2)=NC1. The molecule has 0 radical (unpaired) electrons. The minimum atomic E-state index is -4.21. The van der Waals surface area contributed by atoms with Crippen LogP contribution in [0.4, 0.5) is 13.2 Å². The lowest BCUT2D eigenvalue weighted by molar-refractivity contribution is -0.140. The van der Waals surface area contributed by atoms with Gasteiger partial charge in [0.25, 0.3) is 0 Å². The molecular weight excluding hydrogens is 303 g/mol. The summed E-state index contributed by atoms with van der Waals surface area (Å²) in [7, 11) is 0. The van der Waals surface area contributed by atoms with Crippen LogP contribution in [-0.2, 0) is 0 Å². The van der Waals surface area contributed by atoms with Crippen LogP contribution >= 0.6 is 0 Å². The van der Waals surface area contributed by atoms with Gasteiger partial charge in [-0.05, 0) is 30.4 Å². The number of hydrogen-bond donors (Lipinski definition) is 1. The Hall–Kier alpha value is -1.98. The van der Waals surface area contributed by atoms with E-state index in [1.807, 2.05) is 18.2 Å². The third-order valence-electron chi connectivity index (χ3n) is 4.33. The van der Waals surface area contributed by atoms with Crippen LogP contribution in [0.15, 0.2) is 47.6 Å². The van der Waals surface area contributed by atoms with Crippen LogP contribution in [0, 0.1) is 5.92 Å². The second-order valence-electron chi connectivity index (χ2n) is 6.09. The molecule has 3 nitrogen and oxygen atoms in total. The van der Waals surface area contributed by atoms with Crippen LogP contribution in [0.5, 0.6) is 0 Å². The van der Waals surface area contributed by atoms with Crippen molar-refractivity contribution in [3.8, 4) is 0 Å². The summed E-state index contributed by atoms with van der Waals surface area (Å²) in [5.74, 6) is 1.21. The van der Waals surface area contributed by atoms with Gasteiger partial charge in [-0.25, -0.2) is 4.99 Å². The van der Waals surface area contributed by atoms with Crippen LogP contribution in [-0.4, -0.2) is 30.1 Å². The average molecular weight is 323 g/mol. The first-order valence-corrected chi connectivity index (χ1v) is 7.86. The predicted molar refractivity (Wildman–Crippen MR) is 83.9 cm³/mol. The van der Waals surface area contributed by atoms with Gasteiger partial charge in [0.05, 0.1) is 6.04 Å². The summed E-state index contributed by atoms with van der Waals surface area (Å²) in [6, 6.07) is 10.3. The Balaban J connectivity index is 1.64. The smallest absolute Gasteiger partial charge is 0.363 e. The molecule has 0 aromatic heterocycles. The second kappa shape index (κ2) is 6.64. The van der Waals surface area contributed by atoms with Gasteiger partial charge in [0.1, 0.15) is 19.0 Å². The Morgan fingerprint density at radius 1 is 1.22 bits per heavy atom. The molecule has 1 fully saturated rings. The molecule has 1 N–H and O–H groups in total. The van der Waals surface area contributed by atoms with Gasteiger partial charge in [-0.3, -0.25) is 0 Å². The first-order chi connectivity index (χ1) is 11.0. The standard InChI is InChI=1S/C17H20F3N3/c18-17(19,20)11-23-10-9-15(21-12-23)22-16(14-7-4-8-14)13-5-2-1-3-6-13/h1-3,5-6,9-10,14,16H,4,7-8,11-12H2,(H,21,22). The van der Waals surface area contributed by atoms with Crippen LogP contribution in [0.25, 0.3) is 0 Å². The number of nitrogens with one attached hydrogen (secondary N) is 1. The number of hydrogen-bond acceptors (Lipinski definition) is 3. The molecular formula is C17H20F3N3. The summed E-state index contributed by atoms with van der Waals surface area (Å²) in [6.45, 7) is -0.935. The Morgan fingerprint density at radius 2 is 1.96 bits per heavy atom. The van der Waals surface area contributed by atoms with E-state index < -0.39 is 12.7 Å². The van der Waals surface area contributed by atoms with Crippen LogP contribution < -0.4 is 5.32 Å². The van der Waals surface area contributed by atoms with Crippen molar-refractivity contribution < 1.29 is 13.2 Å². The van der Waals surface area contributed by atoms with E-state index in [-0.39, 0.29) is 12.7 Å². The van der Waals surface area contributed by atoms with E-state index in [1.165, 1.54) is 31.0 Å². The second-order valence-corrected chi connectivity index (χ2v) is 6.09. The molecule has 1 unspecified atom stereocenters. The summed E-state index contributed by atoms with van der Waals surface area (Å²) in [5.41, 5.74) is 1.20. The van der Waals surface area contributed by atoms with Gasteiger partial charge in [-0.2, -0.15) is 13.2 Å². The summed E-state index contributed by atoms with van der Waals surface area (Å²) >= 11 is 0. The van der Waals surface area contributed by atoms with Crippen LogP contribution in [0.1, 0.15) is 30.9 Å². The van der Waals surface area contributed by atoms with Crippen molar-refractivity contribution in [2.24, 2.45) is 10.9 Å². The molecule has 1 aromatic rings. The van der Waals surface area contributed by atoms with Crippen molar-refractivity contribution in [1.82, 2.24) is 10.2 Å². The average Bonchev–Trinajstić information content (AvgIpc) is 2.46. The highest BCUT2D eigenvalue weighted by Crippen LogP contribution is 2.37. The zero-order valence-corrected chi connectivity index (χ0v) is 12.8. The van der Waals surface area contributed by atoms with Gasteiger partial charge in [0.15, 0.2) is 0 Å². The monoisotopic (exact) mass is 323 g/mol. The Morgan fingerprint density at radius 3 is 2.48 bits per heavy atom. The highest BCUT2D eigenvalue weighted by Gasteiger charge is 2.31. The first-order valence-electron chi connectivity index (χ1n) is 7.86. The molecule has 1 heterocycles. The van der Waals surface area contributed by atoms with E-state index >= 15 is 0 Å². The molecule has 1 aliphatic heterocycles. The third kappa shape index (κ3) is 4.27. The molecule has 0 saturated heterocycles. The predicted octanol–water partition coefficient (Wildman–Crippen LogP) is 3.87. The molecule has 6 heteroatoms. The number of aliphatic imine (C=N–C) groups is 1. The molecule has 1 saturated carbocycles. The molecule has 2 aliphatic rings. The quantitative estimate of drug-likeness (QED) is 0.911. The molecule has 124 valence electrons. The van der Waals surface area contributed by atoms with E-state index in [0.717, 1.165) is 4.90 Å². The van der Waals surface area contributed by atoms with Gasteiger partial charge in [0, 0.05) is 6.20 Å². The highest BCUT2D eigenvalue weighted by molar-refractivity contribution is 5.93. The van der Waals surface area contributed by atoms with Crippen molar-refractivity contribution in [2.75, 3.05) is 13.2 Å². The van der Waals surface area contributed by atoms with E-state index in [9.17, 15) is 13.2 Å². The highest BCUT2D eigenvalue weighted by atomic mass is 19.4. The minimum absolute atomic E-state index is 0.0323. The molecule has 1 aliphatic carbocycles. The van der Waals surface area contributed by atoms with Crippen molar-refractivity contribution in [3.63, 3.8) is 0 Å². The number of alkyl halides is 3. The first kappa shape index (κ1) is 15.9. The maximum atomic E-state index is 12.4. The van der Waals surface area contributed by atoms with Gasteiger partial charge < -0.3 is 10.2 Å².